The van der Waals surface area contributed by atoms with E-state index in [1.54, 1.807) is 50.3 Å². The number of hydrogen-bond acceptors (Lipinski definition) is 10. The molecular formula is C29H24ClN3O8S. The van der Waals surface area contributed by atoms with Crippen molar-refractivity contribution in [3.05, 3.63) is 106 Å². The average Bonchev–Trinajstić information content (AvgIpc) is 3.55. The van der Waals surface area contributed by atoms with Gasteiger partial charge in [0.2, 0.25) is 0 Å². The minimum atomic E-state index is -0.840. The van der Waals surface area contributed by atoms with Crippen LogP contribution >= 0.6 is 22.9 Å². The first kappa shape index (κ1) is 28.8. The second-order valence-electron chi connectivity index (χ2n) is 9.04. The highest BCUT2D eigenvalue weighted by Gasteiger charge is 2.34. The fourth-order valence-corrected chi connectivity index (χ4v) is 5.95. The molecule has 3 heterocycles. The summed E-state index contributed by atoms with van der Waals surface area (Å²) in [5.41, 5.74) is 1.19. The van der Waals surface area contributed by atoms with Crippen LogP contribution in [-0.4, -0.2) is 36.3 Å². The first-order chi connectivity index (χ1) is 20.2. The number of rotatable bonds is 8. The predicted molar refractivity (Wildman–Crippen MR) is 156 cm³/mol. The zero-order valence-electron chi connectivity index (χ0n) is 22.9. The number of nitro groups is 1. The van der Waals surface area contributed by atoms with Gasteiger partial charge in [0.25, 0.3) is 11.2 Å². The number of fused-ring (bicyclic) bond motifs is 1. The van der Waals surface area contributed by atoms with Crippen molar-refractivity contribution in [3.8, 4) is 22.8 Å². The minimum Gasteiger partial charge on any atom is -0.493 e. The fourth-order valence-electron chi connectivity index (χ4n) is 4.65. The van der Waals surface area contributed by atoms with Gasteiger partial charge in [0.1, 0.15) is 11.5 Å². The highest BCUT2D eigenvalue weighted by atomic mass is 35.5. The molecule has 0 saturated heterocycles. The Morgan fingerprint density at radius 1 is 1.17 bits per heavy atom. The molecular weight excluding hydrogens is 586 g/mol. The van der Waals surface area contributed by atoms with E-state index in [1.807, 2.05) is 0 Å². The molecule has 2 aromatic heterocycles. The Labute approximate surface area is 247 Å². The van der Waals surface area contributed by atoms with Gasteiger partial charge >= 0.3 is 5.97 Å². The van der Waals surface area contributed by atoms with Gasteiger partial charge in [0.05, 0.1) is 52.6 Å². The number of benzene rings is 2. The zero-order chi connectivity index (χ0) is 30.1. The van der Waals surface area contributed by atoms with Crippen molar-refractivity contribution >= 4 is 40.7 Å². The van der Waals surface area contributed by atoms with Gasteiger partial charge in [-0.3, -0.25) is 19.5 Å². The van der Waals surface area contributed by atoms with E-state index in [-0.39, 0.29) is 28.4 Å². The van der Waals surface area contributed by atoms with E-state index in [9.17, 15) is 19.7 Å². The second kappa shape index (κ2) is 11.7. The molecule has 0 radical (unpaired) electrons. The molecule has 11 nitrogen and oxygen atoms in total. The molecule has 5 rings (SSSR count). The largest absolute Gasteiger partial charge is 0.493 e. The molecule has 216 valence electrons. The van der Waals surface area contributed by atoms with Crippen LogP contribution in [0, 0.1) is 10.1 Å². The third-order valence-electron chi connectivity index (χ3n) is 6.57. The normalized spacial score (nSPS) is 14.8. The van der Waals surface area contributed by atoms with Crippen molar-refractivity contribution in [1.82, 2.24) is 4.57 Å². The highest BCUT2D eigenvalue weighted by Crippen LogP contribution is 2.36. The van der Waals surface area contributed by atoms with Crippen LogP contribution in [0.2, 0.25) is 5.02 Å². The number of aromatic nitrogens is 1. The number of esters is 1. The van der Waals surface area contributed by atoms with Gasteiger partial charge < -0.3 is 18.6 Å². The van der Waals surface area contributed by atoms with Gasteiger partial charge in [-0.2, -0.15) is 0 Å². The van der Waals surface area contributed by atoms with Crippen molar-refractivity contribution in [2.45, 2.75) is 19.9 Å². The Morgan fingerprint density at radius 3 is 2.60 bits per heavy atom. The van der Waals surface area contributed by atoms with Crippen molar-refractivity contribution in [2.24, 2.45) is 4.99 Å². The minimum absolute atomic E-state index is 0.141. The molecule has 2 aromatic carbocycles. The number of ether oxygens (including phenoxy) is 3. The van der Waals surface area contributed by atoms with Crippen LogP contribution in [-0.2, 0) is 9.53 Å². The number of nitro benzene ring substituents is 1. The number of non-ortho nitro benzene ring substituents is 1. The number of nitrogens with zero attached hydrogens (tertiary/aromatic N) is 3. The van der Waals surface area contributed by atoms with Gasteiger partial charge in [-0.1, -0.05) is 29.0 Å². The number of thiazole rings is 1. The Bertz CT molecular complexity index is 1940. The summed E-state index contributed by atoms with van der Waals surface area (Å²) in [6.07, 6.45) is 1.57. The summed E-state index contributed by atoms with van der Waals surface area (Å²) in [6.45, 7) is 3.55. The van der Waals surface area contributed by atoms with Crippen molar-refractivity contribution in [2.75, 3.05) is 20.8 Å². The molecule has 0 N–H and O–H groups in total. The Hall–Kier alpha value is -4.68. The number of hydrogen-bond donors (Lipinski definition) is 0. The molecule has 13 heteroatoms. The van der Waals surface area contributed by atoms with E-state index in [1.165, 1.54) is 37.0 Å². The third kappa shape index (κ3) is 5.21. The topological polar surface area (TPSA) is 135 Å². The van der Waals surface area contributed by atoms with E-state index < -0.39 is 16.9 Å². The van der Waals surface area contributed by atoms with Gasteiger partial charge in [-0.15, -0.1) is 0 Å². The average molecular weight is 610 g/mol. The number of furan rings is 1. The van der Waals surface area contributed by atoms with Crippen LogP contribution in [0.3, 0.4) is 0 Å². The lowest BCUT2D eigenvalue weighted by Crippen LogP contribution is -2.39. The predicted octanol–water partition coefficient (Wildman–Crippen LogP) is 4.64. The van der Waals surface area contributed by atoms with E-state index in [0.29, 0.717) is 49.2 Å². The standard InChI is InChI=1S/C29H24ClN3O8S/c1-5-40-28(35)25-15(2)31-29-32(26(25)16-6-10-22(38-3)23(12-16)39-4)27(34)24(42-29)14-18-8-11-21(41-18)19-9-7-17(33(36)37)13-20(19)30/h6-14,26H,5H2,1-4H3/b24-14-/t26-/m1/s1. The van der Waals surface area contributed by atoms with Crippen molar-refractivity contribution < 1.29 is 28.3 Å². The third-order valence-corrected chi connectivity index (χ3v) is 7.87. The Kier molecular flexibility index (Phi) is 8.01. The summed E-state index contributed by atoms with van der Waals surface area (Å²) >= 11 is 7.41. The van der Waals surface area contributed by atoms with Gasteiger partial charge in [-0.25, -0.2) is 9.79 Å². The number of carbonyl (C=O) groups excluding carboxylic acids is 1. The zero-order valence-corrected chi connectivity index (χ0v) is 24.4. The lowest BCUT2D eigenvalue weighted by Gasteiger charge is -2.25. The summed E-state index contributed by atoms with van der Waals surface area (Å²) in [5, 5.41) is 11.2. The first-order valence-corrected chi connectivity index (χ1v) is 13.8. The maximum Gasteiger partial charge on any atom is 0.338 e. The van der Waals surface area contributed by atoms with Gasteiger partial charge in [0.15, 0.2) is 16.3 Å². The Balaban J connectivity index is 1.63. The molecule has 1 aliphatic heterocycles. The smallest absolute Gasteiger partial charge is 0.338 e. The molecule has 1 atom stereocenters. The van der Waals surface area contributed by atoms with Crippen LogP contribution in [0.25, 0.3) is 17.4 Å². The van der Waals surface area contributed by atoms with Gasteiger partial charge in [-0.05, 0) is 49.7 Å². The molecule has 0 amide bonds. The maximum atomic E-state index is 13.9. The van der Waals surface area contributed by atoms with Gasteiger partial charge in [0, 0.05) is 23.8 Å². The van der Waals surface area contributed by atoms with E-state index in [0.717, 1.165) is 11.3 Å². The molecule has 0 unspecified atom stereocenters. The monoisotopic (exact) mass is 609 g/mol. The van der Waals surface area contributed by atoms with Crippen LogP contribution in [0.4, 0.5) is 5.69 Å². The van der Waals surface area contributed by atoms with Crippen LogP contribution < -0.4 is 24.4 Å². The van der Waals surface area contributed by atoms with E-state index >= 15 is 0 Å². The molecule has 0 bridgehead atoms. The molecule has 4 aromatic rings. The molecule has 1 aliphatic rings. The molecule has 0 aliphatic carbocycles. The molecule has 0 spiro atoms. The number of allylic oxidation sites excluding steroid dienone is 1. The van der Waals surface area contributed by atoms with E-state index in [4.69, 9.17) is 30.2 Å². The summed E-state index contributed by atoms with van der Waals surface area (Å²) in [4.78, 5) is 42.5. The summed E-state index contributed by atoms with van der Waals surface area (Å²) in [5.74, 6) is 1.08. The fraction of sp³-hybridized carbons (Fsp3) is 0.207. The molecule has 0 saturated carbocycles. The number of carbonyl (C=O) groups is 1. The first-order valence-electron chi connectivity index (χ1n) is 12.6. The number of halogens is 1. The summed E-state index contributed by atoms with van der Waals surface area (Å²) < 4.78 is 23.9. The van der Waals surface area contributed by atoms with Crippen LogP contribution in [0.5, 0.6) is 11.5 Å². The van der Waals surface area contributed by atoms with Crippen LogP contribution in [0.15, 0.2) is 74.0 Å². The van der Waals surface area contributed by atoms with Crippen LogP contribution in [0.1, 0.15) is 31.2 Å². The van der Waals surface area contributed by atoms with Crippen molar-refractivity contribution in [1.29, 1.82) is 0 Å². The molecule has 42 heavy (non-hydrogen) atoms. The quantitative estimate of drug-likeness (QED) is 0.160. The second-order valence-corrected chi connectivity index (χ2v) is 10.5. The van der Waals surface area contributed by atoms with Crippen molar-refractivity contribution in [3.63, 3.8) is 0 Å². The lowest BCUT2D eigenvalue weighted by molar-refractivity contribution is -0.384. The summed E-state index contributed by atoms with van der Waals surface area (Å²) in [7, 11) is 3.02. The Morgan fingerprint density at radius 2 is 1.93 bits per heavy atom. The maximum absolute atomic E-state index is 13.9. The lowest BCUT2D eigenvalue weighted by atomic mass is 9.95. The highest BCUT2D eigenvalue weighted by molar-refractivity contribution is 7.07. The van der Waals surface area contributed by atoms with E-state index in [2.05, 4.69) is 4.99 Å². The SMILES string of the molecule is CCOC(=O)C1=C(C)N=c2s/c(=C\c3ccc(-c4ccc([N+](=O)[O-])cc4Cl)o3)c(=O)n2[C@@H]1c1ccc(OC)c(OC)c1. The molecule has 0 fully saturated rings. The number of methoxy groups -OCH3 is 2. The summed E-state index contributed by atoms with van der Waals surface area (Å²) in [6, 6.07) is 11.7.